The molecule has 0 radical (unpaired) electrons. The second kappa shape index (κ2) is 8.66. The number of ether oxygens (including phenoxy) is 4. The average molecular weight is 358 g/mol. The van der Waals surface area contributed by atoms with Crippen molar-refractivity contribution >= 4 is 17.7 Å². The van der Waals surface area contributed by atoms with Crippen molar-refractivity contribution in [3.05, 3.63) is 59.2 Å². The van der Waals surface area contributed by atoms with Crippen LogP contribution in [-0.2, 0) is 9.47 Å². The van der Waals surface area contributed by atoms with E-state index in [0.717, 1.165) is 0 Å². The van der Waals surface area contributed by atoms with Gasteiger partial charge in [0, 0.05) is 6.07 Å². The van der Waals surface area contributed by atoms with Crippen LogP contribution < -0.4 is 9.47 Å². The second-order valence-corrected chi connectivity index (χ2v) is 5.13. The van der Waals surface area contributed by atoms with Crippen molar-refractivity contribution in [1.82, 2.24) is 0 Å². The summed E-state index contributed by atoms with van der Waals surface area (Å²) in [5.41, 5.74) is 0.803. The molecule has 0 atom stereocenters. The maximum absolute atomic E-state index is 12.3. The zero-order valence-electron chi connectivity index (χ0n) is 14.6. The van der Waals surface area contributed by atoms with E-state index in [9.17, 15) is 14.4 Å². The fourth-order valence-corrected chi connectivity index (χ4v) is 2.18. The molecule has 0 N–H and O–H groups in total. The largest absolute Gasteiger partial charge is 0.497 e. The van der Waals surface area contributed by atoms with Gasteiger partial charge in [-0.25, -0.2) is 9.59 Å². The predicted molar refractivity (Wildman–Crippen MR) is 91.9 cm³/mol. The van der Waals surface area contributed by atoms with Crippen LogP contribution in [0.3, 0.4) is 0 Å². The third kappa shape index (κ3) is 4.38. The van der Waals surface area contributed by atoms with Crippen molar-refractivity contribution in [2.75, 3.05) is 27.9 Å². The van der Waals surface area contributed by atoms with Crippen LogP contribution in [0.5, 0.6) is 11.5 Å². The molecule has 0 fully saturated rings. The van der Waals surface area contributed by atoms with Crippen LogP contribution in [0.1, 0.15) is 31.1 Å². The lowest BCUT2D eigenvalue weighted by atomic mass is 10.1. The van der Waals surface area contributed by atoms with Crippen LogP contribution in [0.25, 0.3) is 0 Å². The van der Waals surface area contributed by atoms with Crippen LogP contribution in [0.15, 0.2) is 42.5 Å². The Balaban J connectivity index is 2.03. The molecule has 2 aromatic rings. The lowest BCUT2D eigenvalue weighted by Gasteiger charge is -2.10. The molecule has 2 rings (SSSR count). The lowest BCUT2D eigenvalue weighted by molar-refractivity contribution is 0.0473. The first-order chi connectivity index (χ1) is 12.5. The molecule has 7 nitrogen and oxygen atoms in total. The van der Waals surface area contributed by atoms with E-state index in [0.29, 0.717) is 17.1 Å². The lowest BCUT2D eigenvalue weighted by Crippen LogP contribution is -2.15. The summed E-state index contributed by atoms with van der Waals surface area (Å²) in [6, 6.07) is 10.5. The molecule has 0 spiro atoms. The van der Waals surface area contributed by atoms with Crippen LogP contribution >= 0.6 is 0 Å². The van der Waals surface area contributed by atoms with Gasteiger partial charge in [0.2, 0.25) is 5.78 Å². The van der Waals surface area contributed by atoms with E-state index in [1.807, 2.05) is 0 Å². The molecule has 0 bridgehead atoms. The normalized spacial score (nSPS) is 9.96. The highest BCUT2D eigenvalue weighted by molar-refractivity contribution is 6.01. The third-order valence-electron chi connectivity index (χ3n) is 3.59. The third-order valence-corrected chi connectivity index (χ3v) is 3.59. The summed E-state index contributed by atoms with van der Waals surface area (Å²) < 4.78 is 19.9. The molecule has 0 aliphatic heterocycles. The molecular weight excluding hydrogens is 340 g/mol. The summed E-state index contributed by atoms with van der Waals surface area (Å²) in [4.78, 5) is 35.7. The van der Waals surface area contributed by atoms with E-state index < -0.39 is 24.3 Å². The van der Waals surface area contributed by atoms with Gasteiger partial charge >= 0.3 is 11.9 Å². The quantitative estimate of drug-likeness (QED) is 0.555. The number of carbonyl (C=O) groups excluding carboxylic acids is 3. The Morgan fingerprint density at radius 1 is 0.808 bits per heavy atom. The molecule has 0 aliphatic rings. The molecule has 0 unspecified atom stereocenters. The summed E-state index contributed by atoms with van der Waals surface area (Å²) in [5, 5.41) is 0. The summed E-state index contributed by atoms with van der Waals surface area (Å²) >= 11 is 0. The van der Waals surface area contributed by atoms with E-state index in [-0.39, 0.29) is 11.1 Å². The van der Waals surface area contributed by atoms with Gasteiger partial charge in [-0.2, -0.15) is 0 Å². The minimum atomic E-state index is -0.678. The van der Waals surface area contributed by atoms with Crippen LogP contribution in [0.4, 0.5) is 0 Å². The van der Waals surface area contributed by atoms with E-state index in [1.165, 1.54) is 45.6 Å². The van der Waals surface area contributed by atoms with Gasteiger partial charge in [0.25, 0.3) is 0 Å². The number of carbonyl (C=O) groups is 3. The number of hydrogen-bond acceptors (Lipinski definition) is 7. The van der Waals surface area contributed by atoms with Gasteiger partial charge in [-0.15, -0.1) is 0 Å². The first-order valence-corrected chi connectivity index (χ1v) is 7.61. The zero-order chi connectivity index (χ0) is 19.1. The van der Waals surface area contributed by atoms with Gasteiger partial charge in [-0.05, 0) is 36.4 Å². The summed E-state index contributed by atoms with van der Waals surface area (Å²) in [5.74, 6) is -0.730. The van der Waals surface area contributed by atoms with Gasteiger partial charge in [0.15, 0.2) is 6.61 Å². The number of ketones is 1. The molecule has 136 valence electrons. The van der Waals surface area contributed by atoms with Gasteiger partial charge < -0.3 is 18.9 Å². The van der Waals surface area contributed by atoms with Crippen molar-refractivity contribution < 1.29 is 33.3 Å². The Morgan fingerprint density at radius 3 is 1.96 bits per heavy atom. The Morgan fingerprint density at radius 2 is 1.42 bits per heavy atom. The minimum absolute atomic E-state index is 0.215. The van der Waals surface area contributed by atoms with Crippen LogP contribution in [-0.4, -0.2) is 45.7 Å². The number of hydrogen-bond donors (Lipinski definition) is 0. The standard InChI is InChI=1S/C19H18O7/c1-23-14-8-9-15(17(10-14)24-2)16(20)11-26-19(22)13-6-4-12(5-7-13)18(21)25-3/h4-10H,11H2,1-3H3. The number of rotatable bonds is 7. The molecule has 2 aromatic carbocycles. The average Bonchev–Trinajstić information content (AvgIpc) is 2.70. The number of esters is 2. The summed E-state index contributed by atoms with van der Waals surface area (Å²) in [7, 11) is 4.20. The monoisotopic (exact) mass is 358 g/mol. The highest BCUT2D eigenvalue weighted by atomic mass is 16.5. The molecule has 26 heavy (non-hydrogen) atoms. The molecule has 0 saturated heterocycles. The van der Waals surface area contributed by atoms with E-state index in [1.54, 1.807) is 18.2 Å². The Kier molecular flexibility index (Phi) is 6.32. The smallest absolute Gasteiger partial charge is 0.338 e. The Bertz CT molecular complexity index is 809. The predicted octanol–water partition coefficient (Wildman–Crippen LogP) is 2.53. The van der Waals surface area contributed by atoms with Crippen molar-refractivity contribution in [1.29, 1.82) is 0 Å². The molecule has 7 heteroatoms. The van der Waals surface area contributed by atoms with E-state index in [4.69, 9.17) is 14.2 Å². The first-order valence-electron chi connectivity index (χ1n) is 7.61. The molecule has 0 aliphatic carbocycles. The molecular formula is C19H18O7. The number of benzene rings is 2. The van der Waals surface area contributed by atoms with E-state index in [2.05, 4.69) is 4.74 Å². The fraction of sp³-hybridized carbons (Fsp3) is 0.211. The molecule has 0 saturated carbocycles. The zero-order valence-corrected chi connectivity index (χ0v) is 14.6. The van der Waals surface area contributed by atoms with Gasteiger partial charge in [-0.3, -0.25) is 4.79 Å². The fourth-order valence-electron chi connectivity index (χ4n) is 2.18. The topological polar surface area (TPSA) is 88.1 Å². The van der Waals surface area contributed by atoms with Gasteiger partial charge in [0.1, 0.15) is 11.5 Å². The Hall–Kier alpha value is -3.35. The van der Waals surface area contributed by atoms with Crippen molar-refractivity contribution in [2.45, 2.75) is 0 Å². The van der Waals surface area contributed by atoms with Gasteiger partial charge in [-0.1, -0.05) is 0 Å². The first kappa shape index (κ1) is 19.0. The minimum Gasteiger partial charge on any atom is -0.497 e. The highest BCUT2D eigenvalue weighted by Gasteiger charge is 2.17. The highest BCUT2D eigenvalue weighted by Crippen LogP contribution is 2.25. The summed E-state index contributed by atoms with van der Waals surface area (Å²) in [6.07, 6.45) is 0. The van der Waals surface area contributed by atoms with E-state index >= 15 is 0 Å². The van der Waals surface area contributed by atoms with Crippen molar-refractivity contribution in [2.24, 2.45) is 0 Å². The van der Waals surface area contributed by atoms with Crippen molar-refractivity contribution in [3.63, 3.8) is 0 Å². The van der Waals surface area contributed by atoms with Crippen LogP contribution in [0.2, 0.25) is 0 Å². The van der Waals surface area contributed by atoms with Crippen molar-refractivity contribution in [3.8, 4) is 11.5 Å². The maximum atomic E-state index is 12.3. The molecule has 0 heterocycles. The second-order valence-electron chi connectivity index (χ2n) is 5.13. The number of Topliss-reactive ketones (excluding diaryl/α,β-unsaturated/α-hetero) is 1. The number of methoxy groups -OCH3 is 3. The Labute approximate surface area is 150 Å². The maximum Gasteiger partial charge on any atom is 0.338 e. The molecule has 0 aromatic heterocycles. The van der Waals surface area contributed by atoms with Crippen LogP contribution in [0, 0.1) is 0 Å². The SMILES string of the molecule is COC(=O)c1ccc(C(=O)OCC(=O)c2ccc(OC)cc2OC)cc1. The molecule has 0 amide bonds. The summed E-state index contributed by atoms with van der Waals surface area (Å²) in [6.45, 7) is -0.444. The van der Waals surface area contributed by atoms with Gasteiger partial charge in [0.05, 0.1) is 38.0 Å².